The van der Waals surface area contributed by atoms with Crippen LogP contribution in [0.4, 0.5) is 4.39 Å². The Bertz CT molecular complexity index is 1080. The summed E-state index contributed by atoms with van der Waals surface area (Å²) in [5.74, 6) is 1.81. The maximum atomic E-state index is 13.0. The Morgan fingerprint density at radius 2 is 1.68 bits per heavy atom. The second kappa shape index (κ2) is 8.24. The van der Waals surface area contributed by atoms with Crippen LogP contribution in [0.25, 0.3) is 22.8 Å². The number of hydrogen-bond donors (Lipinski definition) is 0. The zero-order valence-electron chi connectivity index (χ0n) is 14.8. The van der Waals surface area contributed by atoms with Gasteiger partial charge in [0.05, 0.1) is 5.75 Å². The average molecular weight is 460 g/mol. The monoisotopic (exact) mass is 459 g/mol. The number of thioether (sulfide) groups is 1. The fraction of sp³-hybridized carbons (Fsp3) is 0.158. The SMILES string of the molecule is CCn1c(SCc2nnc(-c3ccc(F)cc3)o2)nnc1-c1ccc(Br)cc1. The molecule has 0 fully saturated rings. The average Bonchev–Trinajstić information content (AvgIpc) is 3.34. The van der Waals surface area contributed by atoms with Crippen molar-refractivity contribution < 1.29 is 8.81 Å². The summed E-state index contributed by atoms with van der Waals surface area (Å²) in [4.78, 5) is 0. The van der Waals surface area contributed by atoms with Gasteiger partial charge in [-0.25, -0.2) is 4.39 Å². The molecule has 0 saturated heterocycles. The number of hydrogen-bond acceptors (Lipinski definition) is 6. The highest BCUT2D eigenvalue weighted by Crippen LogP contribution is 2.28. The van der Waals surface area contributed by atoms with Gasteiger partial charge in [-0.15, -0.1) is 20.4 Å². The van der Waals surface area contributed by atoms with Crippen molar-refractivity contribution in [2.75, 3.05) is 0 Å². The lowest BCUT2D eigenvalue weighted by molar-refractivity contribution is 0.528. The molecular weight excluding hydrogens is 445 g/mol. The van der Waals surface area contributed by atoms with E-state index in [0.717, 1.165) is 27.6 Å². The first-order chi connectivity index (χ1) is 13.6. The van der Waals surface area contributed by atoms with Crippen molar-refractivity contribution in [3.63, 3.8) is 0 Å². The summed E-state index contributed by atoms with van der Waals surface area (Å²) in [5, 5.41) is 17.5. The number of nitrogens with zero attached hydrogens (tertiary/aromatic N) is 5. The summed E-state index contributed by atoms with van der Waals surface area (Å²) in [7, 11) is 0. The van der Waals surface area contributed by atoms with E-state index in [1.807, 2.05) is 28.8 Å². The highest BCUT2D eigenvalue weighted by Gasteiger charge is 2.15. The third-order valence-electron chi connectivity index (χ3n) is 4.02. The van der Waals surface area contributed by atoms with Crippen LogP contribution in [-0.4, -0.2) is 25.0 Å². The van der Waals surface area contributed by atoms with Gasteiger partial charge in [0.15, 0.2) is 11.0 Å². The summed E-state index contributed by atoms with van der Waals surface area (Å²) in [6.45, 7) is 2.79. The smallest absolute Gasteiger partial charge is 0.247 e. The van der Waals surface area contributed by atoms with Crippen molar-refractivity contribution in [2.45, 2.75) is 24.4 Å². The highest BCUT2D eigenvalue weighted by atomic mass is 79.9. The lowest BCUT2D eigenvalue weighted by atomic mass is 10.2. The lowest BCUT2D eigenvalue weighted by Gasteiger charge is -2.06. The molecule has 0 radical (unpaired) electrons. The van der Waals surface area contributed by atoms with Gasteiger partial charge in [-0.3, -0.25) is 0 Å². The van der Waals surface area contributed by atoms with E-state index in [0.29, 0.717) is 23.1 Å². The third kappa shape index (κ3) is 4.00. The maximum absolute atomic E-state index is 13.0. The summed E-state index contributed by atoms with van der Waals surface area (Å²) in [6.07, 6.45) is 0. The molecule has 4 aromatic rings. The first-order valence-electron chi connectivity index (χ1n) is 8.54. The summed E-state index contributed by atoms with van der Waals surface area (Å²) >= 11 is 4.92. The predicted molar refractivity (Wildman–Crippen MR) is 108 cm³/mol. The molecule has 9 heteroatoms. The quantitative estimate of drug-likeness (QED) is 0.368. The molecule has 2 aromatic heterocycles. The largest absolute Gasteiger partial charge is 0.420 e. The topological polar surface area (TPSA) is 69.6 Å². The van der Waals surface area contributed by atoms with Gasteiger partial charge in [0.2, 0.25) is 11.8 Å². The summed E-state index contributed by atoms with van der Waals surface area (Å²) in [6, 6.07) is 13.9. The standard InChI is InChI=1S/C19H15BrFN5OS/c1-2-26-17(12-3-7-14(20)8-4-12)23-25-19(26)28-11-16-22-24-18(27-16)13-5-9-15(21)10-6-13/h3-10H,2,11H2,1H3. The molecule has 6 nitrogen and oxygen atoms in total. The molecule has 142 valence electrons. The van der Waals surface area contributed by atoms with Crippen LogP contribution in [-0.2, 0) is 12.3 Å². The Morgan fingerprint density at radius 1 is 0.964 bits per heavy atom. The van der Waals surface area contributed by atoms with Gasteiger partial charge in [-0.1, -0.05) is 39.8 Å². The first kappa shape index (κ1) is 18.8. The minimum absolute atomic E-state index is 0.306. The van der Waals surface area contributed by atoms with E-state index < -0.39 is 0 Å². The van der Waals surface area contributed by atoms with Gasteiger partial charge in [-0.2, -0.15) is 0 Å². The van der Waals surface area contributed by atoms with E-state index in [-0.39, 0.29) is 5.82 Å². The molecular formula is C19H15BrFN5OS. The fourth-order valence-corrected chi connectivity index (χ4v) is 3.74. The molecule has 0 atom stereocenters. The van der Waals surface area contributed by atoms with E-state index in [9.17, 15) is 4.39 Å². The molecule has 0 aliphatic heterocycles. The minimum Gasteiger partial charge on any atom is -0.420 e. The summed E-state index contributed by atoms with van der Waals surface area (Å²) < 4.78 is 21.8. The Kier molecular flexibility index (Phi) is 5.54. The fourth-order valence-electron chi connectivity index (χ4n) is 2.64. The van der Waals surface area contributed by atoms with Crippen LogP contribution in [0, 0.1) is 5.82 Å². The van der Waals surface area contributed by atoms with E-state index in [1.54, 1.807) is 12.1 Å². The van der Waals surface area contributed by atoms with Gasteiger partial charge < -0.3 is 8.98 Å². The van der Waals surface area contributed by atoms with Crippen LogP contribution in [0.15, 0.2) is 62.6 Å². The molecule has 4 rings (SSSR count). The van der Waals surface area contributed by atoms with Gasteiger partial charge >= 0.3 is 0 Å². The third-order valence-corrected chi connectivity index (χ3v) is 5.50. The van der Waals surface area contributed by atoms with E-state index in [1.165, 1.54) is 23.9 Å². The Labute approximate surface area is 173 Å². The maximum Gasteiger partial charge on any atom is 0.247 e. The van der Waals surface area contributed by atoms with E-state index in [4.69, 9.17) is 4.42 Å². The summed E-state index contributed by atoms with van der Waals surface area (Å²) in [5.41, 5.74) is 1.68. The lowest BCUT2D eigenvalue weighted by Crippen LogP contribution is -1.99. The number of benzene rings is 2. The number of rotatable bonds is 6. The van der Waals surface area contributed by atoms with Crippen LogP contribution in [0.2, 0.25) is 0 Å². The van der Waals surface area contributed by atoms with Gasteiger partial charge in [0.1, 0.15) is 5.82 Å². The van der Waals surface area contributed by atoms with Gasteiger partial charge in [-0.05, 0) is 43.3 Å². The number of aromatic nitrogens is 5. The second-order valence-electron chi connectivity index (χ2n) is 5.85. The van der Waals surface area contributed by atoms with E-state index >= 15 is 0 Å². The molecule has 0 spiro atoms. The van der Waals surface area contributed by atoms with Crippen molar-refractivity contribution in [3.8, 4) is 22.8 Å². The van der Waals surface area contributed by atoms with Crippen LogP contribution < -0.4 is 0 Å². The Hall–Kier alpha value is -2.52. The zero-order valence-corrected chi connectivity index (χ0v) is 17.2. The Morgan fingerprint density at radius 3 is 2.39 bits per heavy atom. The number of halogens is 2. The van der Waals surface area contributed by atoms with Crippen molar-refractivity contribution in [1.29, 1.82) is 0 Å². The van der Waals surface area contributed by atoms with E-state index in [2.05, 4.69) is 43.2 Å². The van der Waals surface area contributed by atoms with Gasteiger partial charge in [0, 0.05) is 22.1 Å². The molecule has 28 heavy (non-hydrogen) atoms. The van der Waals surface area contributed by atoms with Crippen LogP contribution >= 0.6 is 27.7 Å². The second-order valence-corrected chi connectivity index (χ2v) is 7.71. The minimum atomic E-state index is -0.306. The predicted octanol–water partition coefficient (Wildman–Crippen LogP) is 5.21. The van der Waals surface area contributed by atoms with Crippen molar-refractivity contribution in [2.24, 2.45) is 0 Å². The van der Waals surface area contributed by atoms with Gasteiger partial charge in [0.25, 0.3) is 0 Å². The highest BCUT2D eigenvalue weighted by molar-refractivity contribution is 9.10. The molecule has 0 unspecified atom stereocenters. The molecule has 0 N–H and O–H groups in total. The molecule has 0 saturated carbocycles. The first-order valence-corrected chi connectivity index (χ1v) is 10.3. The van der Waals surface area contributed by atoms with Crippen LogP contribution in [0.5, 0.6) is 0 Å². The Balaban J connectivity index is 1.49. The molecule has 0 aliphatic carbocycles. The van der Waals surface area contributed by atoms with Crippen molar-refractivity contribution in [3.05, 3.63) is 64.7 Å². The zero-order chi connectivity index (χ0) is 19.5. The van der Waals surface area contributed by atoms with Crippen LogP contribution in [0.1, 0.15) is 12.8 Å². The molecule has 0 amide bonds. The van der Waals surface area contributed by atoms with Crippen molar-refractivity contribution >= 4 is 27.7 Å². The molecule has 0 aliphatic rings. The van der Waals surface area contributed by atoms with Crippen LogP contribution in [0.3, 0.4) is 0 Å². The normalized spacial score (nSPS) is 11.1. The molecule has 2 aromatic carbocycles. The van der Waals surface area contributed by atoms with Crippen molar-refractivity contribution in [1.82, 2.24) is 25.0 Å². The molecule has 2 heterocycles. The molecule has 0 bridgehead atoms.